The van der Waals surface area contributed by atoms with E-state index in [4.69, 9.17) is 14.9 Å². The van der Waals surface area contributed by atoms with Crippen molar-refractivity contribution in [2.75, 3.05) is 19.8 Å². The summed E-state index contributed by atoms with van der Waals surface area (Å²) in [6.07, 6.45) is 1.58. The molecule has 5 nitrogen and oxygen atoms in total. The second-order valence-corrected chi connectivity index (χ2v) is 3.63. The first-order chi connectivity index (χ1) is 8.72. The Hall–Kier alpha value is -1.85. The van der Waals surface area contributed by atoms with E-state index in [1.54, 1.807) is 30.3 Å². The Morgan fingerprint density at radius 2 is 2.06 bits per heavy atom. The molecule has 1 amide bonds. The highest BCUT2D eigenvalue weighted by molar-refractivity contribution is 5.97. The SMILES string of the molecule is C=CCOc1ccccc1C(=O)NC(CO)CO. The van der Waals surface area contributed by atoms with Crippen LogP contribution in [0.5, 0.6) is 5.75 Å². The monoisotopic (exact) mass is 251 g/mol. The van der Waals surface area contributed by atoms with E-state index in [1.807, 2.05) is 0 Å². The Kier molecular flexibility index (Phi) is 5.90. The molecule has 5 heteroatoms. The van der Waals surface area contributed by atoms with Crippen LogP contribution in [-0.2, 0) is 0 Å². The molecule has 18 heavy (non-hydrogen) atoms. The van der Waals surface area contributed by atoms with E-state index in [9.17, 15) is 4.79 Å². The van der Waals surface area contributed by atoms with Crippen molar-refractivity contribution >= 4 is 5.91 Å². The standard InChI is InChI=1S/C13H17NO4/c1-2-7-18-12-6-4-3-5-11(12)13(17)14-10(8-15)9-16/h2-6,10,15-16H,1,7-9H2,(H,14,17). The quantitative estimate of drug-likeness (QED) is 0.610. The first-order valence-corrected chi connectivity index (χ1v) is 5.58. The number of amides is 1. The maximum Gasteiger partial charge on any atom is 0.255 e. The zero-order valence-electron chi connectivity index (χ0n) is 10.0. The molecule has 1 aromatic carbocycles. The summed E-state index contributed by atoms with van der Waals surface area (Å²) >= 11 is 0. The number of aliphatic hydroxyl groups excluding tert-OH is 2. The second kappa shape index (κ2) is 7.47. The lowest BCUT2D eigenvalue weighted by atomic mass is 10.1. The van der Waals surface area contributed by atoms with Gasteiger partial charge < -0.3 is 20.3 Å². The Bertz CT molecular complexity index is 402. The summed E-state index contributed by atoms with van der Waals surface area (Å²) in [5.74, 6) is 0.0345. The molecule has 0 aliphatic carbocycles. The molecular weight excluding hydrogens is 234 g/mol. The highest BCUT2D eigenvalue weighted by Crippen LogP contribution is 2.17. The minimum atomic E-state index is -0.676. The van der Waals surface area contributed by atoms with Gasteiger partial charge in [0.1, 0.15) is 12.4 Å². The number of rotatable bonds is 7. The molecule has 0 saturated carbocycles. The van der Waals surface area contributed by atoms with E-state index < -0.39 is 11.9 Å². The smallest absolute Gasteiger partial charge is 0.255 e. The molecule has 1 aromatic rings. The predicted octanol–water partition coefficient (Wildman–Crippen LogP) is 0.334. The number of hydrogen-bond donors (Lipinski definition) is 3. The molecule has 98 valence electrons. The molecule has 0 spiro atoms. The lowest BCUT2D eigenvalue weighted by Gasteiger charge is -2.15. The van der Waals surface area contributed by atoms with Crippen LogP contribution in [0.4, 0.5) is 0 Å². The lowest BCUT2D eigenvalue weighted by molar-refractivity contribution is 0.0876. The minimum Gasteiger partial charge on any atom is -0.489 e. The summed E-state index contributed by atoms with van der Waals surface area (Å²) in [5.41, 5.74) is 0.353. The maximum absolute atomic E-state index is 11.9. The molecule has 0 radical (unpaired) electrons. The third-order valence-corrected chi connectivity index (χ3v) is 2.26. The lowest BCUT2D eigenvalue weighted by Crippen LogP contribution is -2.40. The van der Waals surface area contributed by atoms with E-state index >= 15 is 0 Å². The first-order valence-electron chi connectivity index (χ1n) is 5.58. The fraction of sp³-hybridized carbons (Fsp3) is 0.308. The fourth-order valence-corrected chi connectivity index (χ4v) is 1.34. The molecule has 3 N–H and O–H groups in total. The van der Waals surface area contributed by atoms with Crippen LogP contribution in [0.1, 0.15) is 10.4 Å². The Morgan fingerprint density at radius 1 is 1.39 bits per heavy atom. The topological polar surface area (TPSA) is 78.8 Å². The van der Waals surface area contributed by atoms with E-state index in [0.717, 1.165) is 0 Å². The molecule has 0 bridgehead atoms. The zero-order valence-corrected chi connectivity index (χ0v) is 10.0. The van der Waals surface area contributed by atoms with Crippen molar-refractivity contribution in [3.05, 3.63) is 42.5 Å². The molecular formula is C13H17NO4. The molecule has 0 aliphatic rings. The van der Waals surface area contributed by atoms with Crippen molar-refractivity contribution in [2.24, 2.45) is 0 Å². The second-order valence-electron chi connectivity index (χ2n) is 3.63. The summed E-state index contributed by atoms with van der Waals surface area (Å²) < 4.78 is 5.35. The van der Waals surface area contributed by atoms with Gasteiger partial charge in [-0.05, 0) is 12.1 Å². The summed E-state index contributed by atoms with van der Waals surface area (Å²) in [5, 5.41) is 20.3. The van der Waals surface area contributed by atoms with Crippen LogP contribution in [0.2, 0.25) is 0 Å². The average Bonchev–Trinajstić information content (AvgIpc) is 2.42. The number of carbonyl (C=O) groups is 1. The molecule has 0 aromatic heterocycles. The third kappa shape index (κ3) is 3.87. The number of carbonyl (C=O) groups excluding carboxylic acids is 1. The number of hydrogen-bond acceptors (Lipinski definition) is 4. The van der Waals surface area contributed by atoms with Gasteiger partial charge in [-0.15, -0.1) is 0 Å². The van der Waals surface area contributed by atoms with Gasteiger partial charge in [-0.2, -0.15) is 0 Å². The van der Waals surface area contributed by atoms with Crippen molar-refractivity contribution < 1.29 is 19.7 Å². The van der Waals surface area contributed by atoms with E-state index in [2.05, 4.69) is 11.9 Å². The van der Waals surface area contributed by atoms with Crippen LogP contribution in [0.25, 0.3) is 0 Å². The molecule has 0 atom stereocenters. The van der Waals surface area contributed by atoms with Crippen molar-refractivity contribution in [1.29, 1.82) is 0 Å². The Labute approximate surface area is 106 Å². The van der Waals surface area contributed by atoms with E-state index in [1.165, 1.54) is 0 Å². The van der Waals surface area contributed by atoms with Gasteiger partial charge in [0.2, 0.25) is 0 Å². The molecule has 1 rings (SSSR count). The Balaban J connectivity index is 2.80. The van der Waals surface area contributed by atoms with Crippen LogP contribution in [0, 0.1) is 0 Å². The molecule has 0 saturated heterocycles. The fourth-order valence-electron chi connectivity index (χ4n) is 1.34. The number of aliphatic hydroxyl groups is 2. The van der Waals surface area contributed by atoms with Gasteiger partial charge in [0.05, 0.1) is 24.8 Å². The normalized spacial score (nSPS) is 10.2. The van der Waals surface area contributed by atoms with Gasteiger partial charge in [-0.25, -0.2) is 0 Å². The van der Waals surface area contributed by atoms with Crippen LogP contribution in [0.15, 0.2) is 36.9 Å². The van der Waals surface area contributed by atoms with Crippen molar-refractivity contribution in [1.82, 2.24) is 5.32 Å². The summed E-state index contributed by atoms with van der Waals surface area (Å²) in [6, 6.07) is 6.07. The predicted molar refractivity (Wildman–Crippen MR) is 67.6 cm³/mol. The third-order valence-electron chi connectivity index (χ3n) is 2.26. The van der Waals surface area contributed by atoms with Gasteiger partial charge in [-0.3, -0.25) is 4.79 Å². The molecule has 0 aliphatic heterocycles. The van der Waals surface area contributed by atoms with Crippen LogP contribution in [0.3, 0.4) is 0 Å². The van der Waals surface area contributed by atoms with Crippen LogP contribution < -0.4 is 10.1 Å². The summed E-state index contributed by atoms with van der Waals surface area (Å²) in [6.45, 7) is 3.19. The average molecular weight is 251 g/mol. The van der Waals surface area contributed by atoms with Crippen molar-refractivity contribution in [3.63, 3.8) is 0 Å². The number of nitrogens with one attached hydrogen (secondary N) is 1. The van der Waals surface area contributed by atoms with Crippen LogP contribution >= 0.6 is 0 Å². The van der Waals surface area contributed by atoms with Gasteiger partial charge >= 0.3 is 0 Å². The summed E-state index contributed by atoms with van der Waals surface area (Å²) in [4.78, 5) is 11.9. The number of para-hydroxylation sites is 1. The number of ether oxygens (including phenoxy) is 1. The number of benzene rings is 1. The van der Waals surface area contributed by atoms with E-state index in [0.29, 0.717) is 17.9 Å². The van der Waals surface area contributed by atoms with Gasteiger partial charge in [0.25, 0.3) is 5.91 Å². The van der Waals surface area contributed by atoms with Gasteiger partial charge in [0.15, 0.2) is 0 Å². The molecule has 0 heterocycles. The van der Waals surface area contributed by atoms with Gasteiger partial charge in [0, 0.05) is 0 Å². The molecule has 0 fully saturated rings. The van der Waals surface area contributed by atoms with Crippen molar-refractivity contribution in [3.8, 4) is 5.75 Å². The zero-order chi connectivity index (χ0) is 13.4. The minimum absolute atomic E-state index is 0.299. The van der Waals surface area contributed by atoms with Crippen LogP contribution in [-0.4, -0.2) is 42.0 Å². The maximum atomic E-state index is 11.9. The Morgan fingerprint density at radius 3 is 2.67 bits per heavy atom. The summed E-state index contributed by atoms with van der Waals surface area (Å²) in [7, 11) is 0. The largest absolute Gasteiger partial charge is 0.489 e. The van der Waals surface area contributed by atoms with E-state index in [-0.39, 0.29) is 13.2 Å². The highest BCUT2D eigenvalue weighted by Gasteiger charge is 2.15. The van der Waals surface area contributed by atoms with Gasteiger partial charge in [-0.1, -0.05) is 24.8 Å². The van der Waals surface area contributed by atoms with Crippen molar-refractivity contribution in [2.45, 2.75) is 6.04 Å². The first kappa shape index (κ1) is 14.2. The molecule has 0 unspecified atom stereocenters. The highest BCUT2D eigenvalue weighted by atomic mass is 16.5.